The van der Waals surface area contributed by atoms with Crippen molar-refractivity contribution in [1.29, 1.82) is 0 Å². The highest BCUT2D eigenvalue weighted by Crippen LogP contribution is 2.39. The molecule has 6 heteroatoms. The van der Waals surface area contributed by atoms with Gasteiger partial charge < -0.3 is 19.6 Å². The van der Waals surface area contributed by atoms with Gasteiger partial charge in [-0.25, -0.2) is 0 Å². The summed E-state index contributed by atoms with van der Waals surface area (Å²) in [6, 6.07) is 14.3. The maximum atomic E-state index is 12.9. The van der Waals surface area contributed by atoms with E-state index in [1.165, 1.54) is 4.90 Å². The van der Waals surface area contributed by atoms with Gasteiger partial charge in [0.1, 0.15) is 5.76 Å². The Morgan fingerprint density at radius 3 is 2.27 bits per heavy atom. The van der Waals surface area contributed by atoms with Crippen LogP contribution in [0, 0.1) is 6.92 Å². The van der Waals surface area contributed by atoms with E-state index >= 15 is 0 Å². The van der Waals surface area contributed by atoms with Crippen LogP contribution in [0.15, 0.2) is 54.1 Å². The number of aryl methyl sites for hydroxylation is 1. The number of hydrogen-bond donors (Lipinski definition) is 1. The minimum absolute atomic E-state index is 0.124. The highest BCUT2D eigenvalue weighted by Gasteiger charge is 2.45. The van der Waals surface area contributed by atoms with Crippen molar-refractivity contribution >= 4 is 23.1 Å². The molecule has 0 spiro atoms. The number of likely N-dealkylation sites (tertiary alicyclic amines) is 1. The molecular weight excluding hydrogens is 380 g/mol. The number of aliphatic hydroxyl groups excluding tert-OH is 1. The predicted molar refractivity (Wildman–Crippen MR) is 117 cm³/mol. The SMILES string of the molecule is COCCCN1C(=O)C(=O)/C(=C(\O)c2ccc(C)cc2)C1c1ccc(N(C)C)cc1. The van der Waals surface area contributed by atoms with Crippen LogP contribution in [-0.4, -0.2) is 56.1 Å². The molecule has 1 unspecified atom stereocenters. The Morgan fingerprint density at radius 1 is 1.07 bits per heavy atom. The fraction of sp³-hybridized carbons (Fsp3) is 0.333. The molecule has 3 rings (SSSR count). The number of rotatable bonds is 7. The number of anilines is 1. The summed E-state index contributed by atoms with van der Waals surface area (Å²) in [5.74, 6) is -1.40. The van der Waals surface area contributed by atoms with Crippen LogP contribution in [0.1, 0.15) is 29.2 Å². The van der Waals surface area contributed by atoms with Crippen LogP contribution in [0.3, 0.4) is 0 Å². The Morgan fingerprint density at radius 2 is 1.70 bits per heavy atom. The van der Waals surface area contributed by atoms with Crippen molar-refractivity contribution in [3.8, 4) is 0 Å². The van der Waals surface area contributed by atoms with Crippen molar-refractivity contribution in [2.75, 3.05) is 39.3 Å². The van der Waals surface area contributed by atoms with Gasteiger partial charge >= 0.3 is 0 Å². The molecule has 30 heavy (non-hydrogen) atoms. The molecule has 1 atom stereocenters. The van der Waals surface area contributed by atoms with Crippen LogP contribution in [0.25, 0.3) is 5.76 Å². The molecule has 2 aromatic carbocycles. The molecule has 1 heterocycles. The maximum Gasteiger partial charge on any atom is 0.295 e. The zero-order chi connectivity index (χ0) is 21.8. The van der Waals surface area contributed by atoms with E-state index in [4.69, 9.17) is 4.74 Å². The highest BCUT2D eigenvalue weighted by molar-refractivity contribution is 6.46. The summed E-state index contributed by atoms with van der Waals surface area (Å²) < 4.78 is 5.11. The number of hydrogen-bond acceptors (Lipinski definition) is 5. The second-order valence-electron chi connectivity index (χ2n) is 7.69. The summed E-state index contributed by atoms with van der Waals surface area (Å²) in [5.41, 5.74) is 3.48. The third-order valence-electron chi connectivity index (χ3n) is 5.34. The molecule has 0 bridgehead atoms. The summed E-state index contributed by atoms with van der Waals surface area (Å²) >= 11 is 0. The lowest BCUT2D eigenvalue weighted by Gasteiger charge is -2.26. The predicted octanol–water partition coefficient (Wildman–Crippen LogP) is 3.52. The van der Waals surface area contributed by atoms with Crippen molar-refractivity contribution in [1.82, 2.24) is 4.90 Å². The lowest BCUT2D eigenvalue weighted by atomic mass is 9.95. The summed E-state index contributed by atoms with van der Waals surface area (Å²) in [6.07, 6.45) is 0.598. The largest absolute Gasteiger partial charge is 0.507 e. The number of methoxy groups -OCH3 is 1. The van der Waals surface area contributed by atoms with Gasteiger partial charge in [-0.15, -0.1) is 0 Å². The smallest absolute Gasteiger partial charge is 0.295 e. The van der Waals surface area contributed by atoms with E-state index in [0.29, 0.717) is 25.1 Å². The number of carbonyl (C=O) groups is 2. The van der Waals surface area contributed by atoms with Gasteiger partial charge in [0.15, 0.2) is 0 Å². The molecular formula is C24H28N2O4. The van der Waals surface area contributed by atoms with Crippen molar-refractivity contribution in [2.45, 2.75) is 19.4 Å². The average molecular weight is 408 g/mol. The van der Waals surface area contributed by atoms with Crippen molar-refractivity contribution in [3.05, 3.63) is 70.8 Å². The van der Waals surface area contributed by atoms with Crippen LogP contribution in [0.4, 0.5) is 5.69 Å². The quantitative estimate of drug-likeness (QED) is 0.329. The zero-order valence-corrected chi connectivity index (χ0v) is 17.9. The Balaban J connectivity index is 2.10. The number of nitrogens with zero attached hydrogens (tertiary/aromatic N) is 2. The standard InChI is InChI=1S/C24H28N2O4/c1-16-6-8-18(9-7-16)22(27)20-21(17-10-12-19(13-11-17)25(2)3)26(14-5-15-30-4)24(29)23(20)28/h6-13,21,27H,5,14-15H2,1-4H3/b22-20-. The molecule has 0 saturated carbocycles. The van der Waals surface area contributed by atoms with E-state index in [1.807, 2.05) is 62.3 Å². The Bertz CT molecular complexity index is 946. The number of ether oxygens (including phenoxy) is 1. The van der Waals surface area contributed by atoms with Crippen molar-refractivity contribution in [2.24, 2.45) is 0 Å². The highest BCUT2D eigenvalue weighted by atomic mass is 16.5. The molecule has 0 aromatic heterocycles. The summed E-state index contributed by atoms with van der Waals surface area (Å²) in [6.45, 7) is 2.79. The topological polar surface area (TPSA) is 70.1 Å². The maximum absolute atomic E-state index is 12.9. The second-order valence-corrected chi connectivity index (χ2v) is 7.69. The van der Waals surface area contributed by atoms with Gasteiger partial charge in [0.05, 0.1) is 11.6 Å². The van der Waals surface area contributed by atoms with E-state index in [0.717, 1.165) is 16.8 Å². The monoisotopic (exact) mass is 408 g/mol. The lowest BCUT2D eigenvalue weighted by Crippen LogP contribution is -2.31. The Labute approximate surface area is 177 Å². The van der Waals surface area contributed by atoms with Gasteiger partial charge in [0.2, 0.25) is 0 Å². The van der Waals surface area contributed by atoms with E-state index in [-0.39, 0.29) is 11.3 Å². The van der Waals surface area contributed by atoms with Gasteiger partial charge in [-0.05, 0) is 31.0 Å². The number of carbonyl (C=O) groups excluding carboxylic acids is 2. The zero-order valence-electron chi connectivity index (χ0n) is 17.9. The summed E-state index contributed by atoms with van der Waals surface area (Å²) in [5, 5.41) is 11.0. The molecule has 1 fully saturated rings. The normalized spacial score (nSPS) is 18.1. The third kappa shape index (κ3) is 4.24. The van der Waals surface area contributed by atoms with E-state index in [9.17, 15) is 14.7 Å². The first-order valence-electron chi connectivity index (χ1n) is 9.96. The molecule has 1 N–H and O–H groups in total. The van der Waals surface area contributed by atoms with Crippen molar-refractivity contribution in [3.63, 3.8) is 0 Å². The molecule has 0 radical (unpaired) electrons. The number of aliphatic hydroxyl groups is 1. The van der Waals surface area contributed by atoms with E-state index in [2.05, 4.69) is 0 Å². The van der Waals surface area contributed by atoms with Gasteiger partial charge in [-0.2, -0.15) is 0 Å². The number of amides is 1. The minimum atomic E-state index is -0.660. The molecule has 2 aromatic rings. The van der Waals surface area contributed by atoms with Crippen LogP contribution in [0.5, 0.6) is 0 Å². The van der Waals surface area contributed by atoms with Gasteiger partial charge in [-0.1, -0.05) is 42.0 Å². The fourth-order valence-corrected chi connectivity index (χ4v) is 3.66. The Kier molecular flexibility index (Phi) is 6.57. The summed E-state index contributed by atoms with van der Waals surface area (Å²) in [7, 11) is 5.50. The molecule has 0 aliphatic carbocycles. The van der Waals surface area contributed by atoms with Gasteiger partial charge in [0, 0.05) is 45.6 Å². The second kappa shape index (κ2) is 9.13. The molecule has 1 saturated heterocycles. The number of ketones is 1. The number of benzene rings is 2. The van der Waals surface area contributed by atoms with Gasteiger partial charge in [-0.3, -0.25) is 9.59 Å². The molecule has 1 aliphatic heterocycles. The van der Waals surface area contributed by atoms with Crippen LogP contribution >= 0.6 is 0 Å². The molecule has 6 nitrogen and oxygen atoms in total. The van der Waals surface area contributed by atoms with Crippen LogP contribution in [-0.2, 0) is 14.3 Å². The van der Waals surface area contributed by atoms with Crippen LogP contribution < -0.4 is 4.90 Å². The molecule has 1 amide bonds. The molecule has 1 aliphatic rings. The van der Waals surface area contributed by atoms with Gasteiger partial charge in [0.25, 0.3) is 11.7 Å². The first kappa shape index (κ1) is 21.6. The first-order chi connectivity index (χ1) is 14.3. The van der Waals surface area contributed by atoms with Crippen LogP contribution in [0.2, 0.25) is 0 Å². The molecule has 158 valence electrons. The third-order valence-corrected chi connectivity index (χ3v) is 5.34. The number of Topliss-reactive ketones (excluding diaryl/α,β-unsaturated/α-hetero) is 1. The first-order valence-corrected chi connectivity index (χ1v) is 9.96. The lowest BCUT2D eigenvalue weighted by molar-refractivity contribution is -0.140. The van der Waals surface area contributed by atoms with E-state index < -0.39 is 17.7 Å². The average Bonchev–Trinajstić information content (AvgIpc) is 2.99. The van der Waals surface area contributed by atoms with Crippen molar-refractivity contribution < 1.29 is 19.4 Å². The minimum Gasteiger partial charge on any atom is -0.507 e. The fourth-order valence-electron chi connectivity index (χ4n) is 3.66. The Hall–Kier alpha value is -3.12. The van der Waals surface area contributed by atoms with E-state index in [1.54, 1.807) is 19.2 Å². The summed E-state index contributed by atoms with van der Waals surface area (Å²) in [4.78, 5) is 29.3.